The number of ether oxygens (including phenoxy) is 2. The standard InChI is InChI=1S/C24H42O2/c1-7-8-9-10-14-24(3,4)20-16-21(25-5)23(22(17-20)26-6)19-13-11-12-18(2)15-19/h16-19,21,23H,7-15H2,1-6H3/t18?,19?,21-,23?/m1/s1. The Bertz CT molecular complexity index is 488. The summed E-state index contributed by atoms with van der Waals surface area (Å²) in [5, 5.41) is 0. The van der Waals surface area contributed by atoms with Crippen LogP contribution in [0.3, 0.4) is 0 Å². The van der Waals surface area contributed by atoms with Crippen molar-refractivity contribution in [2.75, 3.05) is 14.2 Å². The fourth-order valence-corrected chi connectivity index (χ4v) is 5.02. The molecule has 2 heteroatoms. The summed E-state index contributed by atoms with van der Waals surface area (Å²) in [6.45, 7) is 9.43. The summed E-state index contributed by atoms with van der Waals surface area (Å²) in [5.41, 5.74) is 1.58. The van der Waals surface area contributed by atoms with Gasteiger partial charge in [0.2, 0.25) is 0 Å². The average Bonchev–Trinajstić information content (AvgIpc) is 2.64. The third-order valence-electron chi connectivity index (χ3n) is 6.75. The molecule has 150 valence electrons. The number of hydrogen-bond acceptors (Lipinski definition) is 2. The Morgan fingerprint density at radius 3 is 2.50 bits per heavy atom. The molecule has 0 radical (unpaired) electrons. The summed E-state index contributed by atoms with van der Waals surface area (Å²) in [4.78, 5) is 0. The van der Waals surface area contributed by atoms with Crippen LogP contribution >= 0.6 is 0 Å². The summed E-state index contributed by atoms with van der Waals surface area (Å²) in [6.07, 6.45) is 16.7. The minimum atomic E-state index is 0.148. The lowest BCUT2D eigenvalue weighted by atomic mass is 9.69. The zero-order chi connectivity index (χ0) is 19.2. The van der Waals surface area contributed by atoms with Crippen LogP contribution in [0.1, 0.15) is 85.5 Å². The van der Waals surface area contributed by atoms with Gasteiger partial charge in [-0.25, -0.2) is 0 Å². The topological polar surface area (TPSA) is 18.5 Å². The van der Waals surface area contributed by atoms with Crippen molar-refractivity contribution >= 4 is 0 Å². The molecule has 3 unspecified atom stereocenters. The van der Waals surface area contributed by atoms with Gasteiger partial charge in [-0.05, 0) is 48.2 Å². The zero-order valence-corrected chi connectivity index (χ0v) is 18.1. The third kappa shape index (κ3) is 5.38. The molecular weight excluding hydrogens is 320 g/mol. The summed E-state index contributed by atoms with van der Waals surface area (Å²) >= 11 is 0. The van der Waals surface area contributed by atoms with Crippen molar-refractivity contribution in [1.29, 1.82) is 0 Å². The Morgan fingerprint density at radius 1 is 1.12 bits per heavy atom. The molecule has 0 N–H and O–H groups in total. The lowest BCUT2D eigenvalue weighted by Crippen LogP contribution is -2.36. The summed E-state index contributed by atoms with van der Waals surface area (Å²) < 4.78 is 11.9. The first-order valence-corrected chi connectivity index (χ1v) is 10.9. The Morgan fingerprint density at radius 2 is 1.88 bits per heavy atom. The largest absolute Gasteiger partial charge is 0.501 e. The number of hydrogen-bond donors (Lipinski definition) is 0. The minimum Gasteiger partial charge on any atom is -0.501 e. The number of methoxy groups -OCH3 is 2. The van der Waals surface area contributed by atoms with Crippen molar-refractivity contribution in [1.82, 2.24) is 0 Å². The monoisotopic (exact) mass is 362 g/mol. The highest BCUT2D eigenvalue weighted by Gasteiger charge is 2.39. The predicted molar refractivity (Wildman–Crippen MR) is 111 cm³/mol. The summed E-state index contributed by atoms with van der Waals surface area (Å²) in [5.74, 6) is 3.03. The molecule has 0 aromatic carbocycles. The fourth-order valence-electron chi connectivity index (χ4n) is 5.02. The molecule has 0 aromatic heterocycles. The van der Waals surface area contributed by atoms with E-state index in [9.17, 15) is 0 Å². The van der Waals surface area contributed by atoms with Gasteiger partial charge in [0.25, 0.3) is 0 Å². The summed E-state index contributed by atoms with van der Waals surface area (Å²) in [6, 6.07) is 0. The molecule has 2 nitrogen and oxygen atoms in total. The van der Waals surface area contributed by atoms with E-state index in [1.54, 1.807) is 0 Å². The molecule has 2 aliphatic rings. The highest BCUT2D eigenvalue weighted by molar-refractivity contribution is 5.35. The highest BCUT2D eigenvalue weighted by Crippen LogP contribution is 2.45. The van der Waals surface area contributed by atoms with Gasteiger partial charge >= 0.3 is 0 Å². The van der Waals surface area contributed by atoms with E-state index in [0.29, 0.717) is 11.8 Å². The van der Waals surface area contributed by atoms with Crippen LogP contribution in [0.25, 0.3) is 0 Å². The first-order chi connectivity index (χ1) is 12.4. The van der Waals surface area contributed by atoms with Crippen molar-refractivity contribution in [3.8, 4) is 0 Å². The molecule has 0 heterocycles. The Hall–Kier alpha value is -0.760. The Kier molecular flexibility index (Phi) is 8.26. The Balaban J connectivity index is 2.16. The van der Waals surface area contributed by atoms with Gasteiger partial charge in [-0.1, -0.05) is 72.3 Å². The van der Waals surface area contributed by atoms with Crippen molar-refractivity contribution in [2.45, 2.75) is 91.6 Å². The molecule has 0 aliphatic heterocycles. The molecule has 2 aliphatic carbocycles. The first kappa shape index (κ1) is 21.5. The van der Waals surface area contributed by atoms with E-state index in [0.717, 1.165) is 11.7 Å². The zero-order valence-electron chi connectivity index (χ0n) is 18.1. The van der Waals surface area contributed by atoms with E-state index < -0.39 is 0 Å². The molecule has 4 atom stereocenters. The van der Waals surface area contributed by atoms with E-state index >= 15 is 0 Å². The lowest BCUT2D eigenvalue weighted by Gasteiger charge is -2.40. The Labute approximate surface area is 162 Å². The molecule has 26 heavy (non-hydrogen) atoms. The molecule has 2 rings (SSSR count). The second kappa shape index (κ2) is 9.97. The fraction of sp³-hybridized carbons (Fsp3) is 0.833. The summed E-state index contributed by atoms with van der Waals surface area (Å²) in [7, 11) is 3.71. The van der Waals surface area contributed by atoms with Gasteiger partial charge in [0, 0.05) is 13.0 Å². The molecular formula is C24H42O2. The third-order valence-corrected chi connectivity index (χ3v) is 6.75. The van der Waals surface area contributed by atoms with Crippen LogP contribution in [0.4, 0.5) is 0 Å². The van der Waals surface area contributed by atoms with E-state index in [1.807, 2.05) is 14.2 Å². The van der Waals surface area contributed by atoms with Gasteiger partial charge in [-0.3, -0.25) is 0 Å². The van der Waals surface area contributed by atoms with Crippen molar-refractivity contribution in [3.63, 3.8) is 0 Å². The molecule has 0 aromatic rings. The maximum Gasteiger partial charge on any atom is 0.102 e. The van der Waals surface area contributed by atoms with Gasteiger partial charge in [0.15, 0.2) is 0 Å². The molecule has 0 bridgehead atoms. The van der Waals surface area contributed by atoms with Gasteiger partial charge in [-0.15, -0.1) is 0 Å². The molecule has 0 saturated heterocycles. The predicted octanol–water partition coefficient (Wildman–Crippen LogP) is 6.91. The van der Waals surface area contributed by atoms with Gasteiger partial charge in [-0.2, -0.15) is 0 Å². The van der Waals surface area contributed by atoms with Crippen molar-refractivity contribution in [3.05, 3.63) is 23.5 Å². The highest BCUT2D eigenvalue weighted by atomic mass is 16.5. The van der Waals surface area contributed by atoms with Crippen LogP contribution in [-0.4, -0.2) is 20.3 Å². The van der Waals surface area contributed by atoms with Crippen molar-refractivity contribution in [2.24, 2.45) is 23.2 Å². The first-order valence-electron chi connectivity index (χ1n) is 10.9. The van der Waals surface area contributed by atoms with E-state index in [2.05, 4.69) is 39.8 Å². The van der Waals surface area contributed by atoms with E-state index in [4.69, 9.17) is 9.47 Å². The van der Waals surface area contributed by atoms with E-state index in [-0.39, 0.29) is 11.5 Å². The van der Waals surface area contributed by atoms with Gasteiger partial charge in [0.1, 0.15) is 5.76 Å². The van der Waals surface area contributed by atoms with Crippen LogP contribution in [-0.2, 0) is 9.47 Å². The van der Waals surface area contributed by atoms with Crippen molar-refractivity contribution < 1.29 is 9.47 Å². The lowest BCUT2D eigenvalue weighted by molar-refractivity contribution is 0.0299. The molecule has 1 saturated carbocycles. The average molecular weight is 363 g/mol. The smallest absolute Gasteiger partial charge is 0.102 e. The number of unbranched alkanes of at least 4 members (excludes halogenated alkanes) is 3. The second-order valence-electron chi connectivity index (χ2n) is 9.33. The number of allylic oxidation sites excluding steroid dienone is 2. The van der Waals surface area contributed by atoms with E-state index in [1.165, 1.54) is 63.4 Å². The minimum absolute atomic E-state index is 0.148. The quantitative estimate of drug-likeness (QED) is 0.415. The molecule has 0 amide bonds. The maximum absolute atomic E-state index is 6.00. The second-order valence-corrected chi connectivity index (χ2v) is 9.33. The molecule has 0 spiro atoms. The SMILES string of the molecule is CCCCCCC(C)(C)C1=C[C@@H](OC)C(C2CCCC(C)C2)C(OC)=C1. The molecule has 1 fully saturated rings. The van der Waals surface area contributed by atoms with Crippen LogP contribution in [0.2, 0.25) is 0 Å². The van der Waals surface area contributed by atoms with Crippen LogP contribution in [0.5, 0.6) is 0 Å². The van der Waals surface area contributed by atoms with Gasteiger partial charge < -0.3 is 9.47 Å². The van der Waals surface area contributed by atoms with Gasteiger partial charge in [0.05, 0.1) is 13.2 Å². The van der Waals surface area contributed by atoms with Crippen LogP contribution < -0.4 is 0 Å². The maximum atomic E-state index is 6.00. The normalized spacial score (nSPS) is 29.9. The number of rotatable bonds is 9. The van der Waals surface area contributed by atoms with Crippen LogP contribution in [0.15, 0.2) is 23.5 Å². The van der Waals surface area contributed by atoms with Crippen LogP contribution in [0, 0.1) is 23.2 Å².